The minimum absolute atomic E-state index is 0. The molecule has 0 fully saturated rings. The van der Waals surface area contributed by atoms with Crippen molar-refractivity contribution in [1.29, 1.82) is 0 Å². The second kappa shape index (κ2) is 116. The molecule has 0 aliphatic carbocycles. The van der Waals surface area contributed by atoms with Crippen LogP contribution in [0.1, 0.15) is 428 Å². The predicted octanol–water partition coefficient (Wildman–Crippen LogP) is 26.6. The molecule has 0 spiro atoms. The fourth-order valence-electron chi connectivity index (χ4n) is 10.9. The zero-order chi connectivity index (χ0) is 70.9. The Morgan fingerprint density at radius 3 is 0.465 bits per heavy atom. The summed E-state index contributed by atoms with van der Waals surface area (Å²) in [7, 11) is 0. The molecule has 0 saturated heterocycles. The second-order valence-electron chi connectivity index (χ2n) is 26.4. The van der Waals surface area contributed by atoms with E-state index < -0.39 is 0 Å². The van der Waals surface area contributed by atoms with E-state index in [9.17, 15) is 19.2 Å². The minimum atomic E-state index is -0.0833. The molecule has 0 rings (SSSR count). The van der Waals surface area contributed by atoms with Gasteiger partial charge < -0.3 is 69.5 Å². The molecule has 596 valence electrons. The van der Waals surface area contributed by atoms with Gasteiger partial charge in [-0.2, -0.15) is 13.5 Å². The maximum atomic E-state index is 11.3. The fraction of sp³-hybridized carbons (Fsp3) is 0.860. The predicted molar refractivity (Wildman–Crippen MR) is 464 cm³/mol. The topological polar surface area (TPSA) is 105 Å². The first kappa shape index (κ1) is 120. The van der Waals surface area contributed by atoms with E-state index in [0.717, 1.165) is 51.4 Å². The van der Waals surface area contributed by atoms with Gasteiger partial charge in [0, 0.05) is 25.7 Å². The maximum Gasteiger partial charge on any atom is 2.00 e. The molecule has 4 radical (unpaired) electrons. The summed E-state index contributed by atoms with van der Waals surface area (Å²) in [6.45, 7) is 10.5. The zero-order valence-electron chi connectivity index (χ0n) is 65.1. The fourth-order valence-corrected chi connectivity index (χ4v) is 11.3. The third-order valence-electron chi connectivity index (χ3n) is 17.0. The van der Waals surface area contributed by atoms with Gasteiger partial charge >= 0.3 is 71.7 Å². The first-order chi connectivity index (χ1) is 47.2. The number of hydrogen-bond donors (Lipinski definition) is 0. The number of esters is 4. The Balaban J connectivity index is -0.000000157. The van der Waals surface area contributed by atoms with E-state index in [1.807, 2.05) is 0 Å². The van der Waals surface area contributed by atoms with Crippen molar-refractivity contribution in [2.75, 3.05) is 49.4 Å². The van der Waals surface area contributed by atoms with E-state index in [4.69, 9.17) is 69.5 Å². The SMILES string of the molecule is C.C.CCCC/C=C/CCCCCCCCCCCCC(=O)OCC[S-].CCCC/C=C/CCCCCCCCCCCCC(=O)OCC[S-].CCCC/C=C/CCCCCCCCCCCCC(=O)OCC[S-].CCCC/C=C/CCCCCCCCCCCCC(=O)OCC[S-].S.[Sn+2].[Sn+2]. The average molecular weight is 1730 g/mol. The van der Waals surface area contributed by atoms with Crippen molar-refractivity contribution < 1.29 is 38.1 Å². The number of hydrogen-bond acceptors (Lipinski definition) is 12. The van der Waals surface area contributed by atoms with E-state index in [-0.39, 0.29) is 100 Å². The standard InChI is InChI=1S/4C21H40O2S.2CH4.H2S.2Sn/c4*1-2-3-4-5-6-7-8-9-10-11-12-13-14-15-16-17-18-21(22)23-19-20-24;;;;;/h4*5-6,24H,2-4,7-20H2,1H3;2*1H4;1H2;;/q;;;;;;;2*+2/p-4/b4*6-5+;;;;;. The quantitative estimate of drug-likeness (QED) is 0.0145. The van der Waals surface area contributed by atoms with Crippen molar-refractivity contribution in [3.63, 3.8) is 0 Å². The van der Waals surface area contributed by atoms with Gasteiger partial charge in [-0.3, -0.25) is 19.2 Å². The molecule has 15 heteroatoms. The van der Waals surface area contributed by atoms with Crippen molar-refractivity contribution in [3.05, 3.63) is 48.6 Å². The van der Waals surface area contributed by atoms with Crippen molar-refractivity contribution in [1.82, 2.24) is 0 Å². The molecule has 8 nitrogen and oxygen atoms in total. The van der Waals surface area contributed by atoms with Crippen LogP contribution in [0, 0.1) is 0 Å². The Kier molecular flexibility index (Phi) is 137. The van der Waals surface area contributed by atoms with Gasteiger partial charge in [0.1, 0.15) is 0 Å². The van der Waals surface area contributed by atoms with Gasteiger partial charge in [0.25, 0.3) is 0 Å². The number of allylic oxidation sites excluding steroid dienone is 8. The normalized spacial score (nSPS) is 10.7. The number of rotatable bonds is 72. The molecule has 0 amide bonds. The Labute approximate surface area is 693 Å². The Morgan fingerprint density at radius 2 is 0.337 bits per heavy atom. The van der Waals surface area contributed by atoms with Crippen LogP contribution in [0.4, 0.5) is 0 Å². The van der Waals surface area contributed by atoms with Gasteiger partial charge in [-0.1, -0.05) is 348 Å². The summed E-state index contributed by atoms with van der Waals surface area (Å²) >= 11 is 19.0. The van der Waals surface area contributed by atoms with Crippen LogP contribution < -0.4 is 0 Å². The maximum absolute atomic E-state index is 11.3. The van der Waals surface area contributed by atoms with Crippen LogP contribution in [0.15, 0.2) is 48.6 Å². The van der Waals surface area contributed by atoms with Gasteiger partial charge in [-0.15, -0.1) is 23.0 Å². The molecular weight excluding hydrogens is 1560 g/mol. The first-order valence-electron chi connectivity index (χ1n) is 40.8. The molecular formula is C86H166O8S5Sn2. The smallest absolute Gasteiger partial charge is 0.789 e. The van der Waals surface area contributed by atoms with Gasteiger partial charge in [0.05, 0.1) is 26.4 Å². The molecule has 0 atom stereocenters. The average Bonchev–Trinajstić information content (AvgIpc) is 3.82. The van der Waals surface area contributed by atoms with Gasteiger partial charge in [-0.25, -0.2) is 0 Å². The minimum Gasteiger partial charge on any atom is -0.789 e. The second-order valence-corrected chi connectivity index (χ2v) is 28.1. The van der Waals surface area contributed by atoms with Crippen LogP contribution in [0.2, 0.25) is 0 Å². The summed E-state index contributed by atoms with van der Waals surface area (Å²) in [5, 5.41) is 0. The Bertz CT molecular complexity index is 1410. The van der Waals surface area contributed by atoms with E-state index >= 15 is 0 Å². The van der Waals surface area contributed by atoms with Gasteiger partial charge in [0.2, 0.25) is 0 Å². The largest absolute Gasteiger partial charge is 2.00 e. The molecule has 0 aromatic carbocycles. The number of unbranched alkanes of at least 4 members (excludes halogenated alkanes) is 48. The Hall–Kier alpha value is 0.187. The third-order valence-corrected chi connectivity index (χ3v) is 17.6. The third kappa shape index (κ3) is 124. The van der Waals surface area contributed by atoms with E-state index in [1.165, 1.54) is 308 Å². The molecule has 101 heavy (non-hydrogen) atoms. The van der Waals surface area contributed by atoms with Crippen LogP contribution in [-0.4, -0.2) is 121 Å². The van der Waals surface area contributed by atoms with E-state index in [1.54, 1.807) is 0 Å². The molecule has 0 N–H and O–H groups in total. The first-order valence-corrected chi connectivity index (χ1v) is 43.1. The van der Waals surface area contributed by atoms with Crippen LogP contribution in [0.3, 0.4) is 0 Å². The molecule has 0 aliphatic heterocycles. The van der Waals surface area contributed by atoms with Crippen molar-refractivity contribution >= 4 is 136 Å². The molecule has 0 saturated carbocycles. The van der Waals surface area contributed by atoms with Crippen molar-refractivity contribution in [2.45, 2.75) is 428 Å². The molecule has 0 unspecified atom stereocenters. The zero-order valence-corrected chi connectivity index (χ0v) is 75.1. The van der Waals surface area contributed by atoms with Crippen LogP contribution in [0.25, 0.3) is 0 Å². The Morgan fingerprint density at radius 1 is 0.218 bits per heavy atom. The molecule has 0 aliphatic rings. The summed E-state index contributed by atoms with van der Waals surface area (Å²) in [6, 6.07) is 0. The van der Waals surface area contributed by atoms with Crippen LogP contribution in [-0.2, 0) is 88.6 Å². The molecule has 0 bridgehead atoms. The van der Waals surface area contributed by atoms with E-state index in [0.29, 0.717) is 75.1 Å². The number of carbonyl (C=O) groups excluding carboxylic acids is 4. The summed E-state index contributed by atoms with van der Waals surface area (Å²) < 4.78 is 19.9. The van der Waals surface area contributed by atoms with Crippen LogP contribution in [0.5, 0.6) is 0 Å². The molecule has 0 aromatic rings. The molecule has 0 aromatic heterocycles. The van der Waals surface area contributed by atoms with Crippen molar-refractivity contribution in [2.24, 2.45) is 0 Å². The van der Waals surface area contributed by atoms with Gasteiger partial charge in [-0.05, 0) is 103 Å². The van der Waals surface area contributed by atoms with Crippen molar-refractivity contribution in [3.8, 4) is 0 Å². The van der Waals surface area contributed by atoms with Gasteiger partial charge in [0.15, 0.2) is 0 Å². The summed E-state index contributed by atoms with van der Waals surface area (Å²) in [5.74, 6) is 1.67. The molecule has 0 heterocycles. The van der Waals surface area contributed by atoms with E-state index in [2.05, 4.69) is 76.3 Å². The summed E-state index contributed by atoms with van der Waals surface area (Å²) in [6.07, 6.45) is 93.2. The summed E-state index contributed by atoms with van der Waals surface area (Å²) in [4.78, 5) is 45.1. The summed E-state index contributed by atoms with van der Waals surface area (Å²) in [5.41, 5.74) is 0. The van der Waals surface area contributed by atoms with Crippen LogP contribution >= 0.6 is 13.5 Å². The number of carbonyl (C=O) groups is 4. The number of ether oxygens (including phenoxy) is 4. The monoisotopic (exact) mass is 1730 g/mol.